The first-order valence-corrected chi connectivity index (χ1v) is 7.74. The van der Waals surface area contributed by atoms with Gasteiger partial charge in [-0.05, 0) is 43.9 Å². The normalized spacial score (nSPS) is 34.6. The van der Waals surface area contributed by atoms with Crippen LogP contribution in [0.1, 0.15) is 46.0 Å². The molecule has 1 saturated heterocycles. The lowest BCUT2D eigenvalue weighted by Gasteiger charge is -2.35. The predicted molar refractivity (Wildman–Crippen MR) is 76.4 cm³/mol. The van der Waals surface area contributed by atoms with E-state index in [0.29, 0.717) is 31.3 Å². The summed E-state index contributed by atoms with van der Waals surface area (Å²) in [6.45, 7) is 5.48. The van der Waals surface area contributed by atoms with Crippen LogP contribution in [-0.4, -0.2) is 41.1 Å². The lowest BCUT2D eigenvalue weighted by atomic mass is 9.80. The summed E-state index contributed by atoms with van der Waals surface area (Å²) >= 11 is 0. The lowest BCUT2D eigenvalue weighted by molar-refractivity contribution is -0.143. The van der Waals surface area contributed by atoms with Crippen LogP contribution in [0.5, 0.6) is 0 Å². The first-order valence-electron chi connectivity index (χ1n) is 7.74. The molecule has 0 bridgehead atoms. The summed E-state index contributed by atoms with van der Waals surface area (Å²) in [5.74, 6) is 0.107. The zero-order valence-electron chi connectivity index (χ0n) is 12.5. The van der Waals surface area contributed by atoms with Crippen molar-refractivity contribution in [1.29, 1.82) is 0 Å². The Kier molecular flexibility index (Phi) is 4.89. The minimum atomic E-state index is -0.789. The highest BCUT2D eigenvalue weighted by molar-refractivity contribution is 5.76. The van der Waals surface area contributed by atoms with E-state index in [4.69, 9.17) is 5.11 Å². The number of carbonyl (C=O) groups excluding carboxylic acids is 1. The molecule has 2 aliphatic rings. The van der Waals surface area contributed by atoms with Crippen LogP contribution in [0.2, 0.25) is 0 Å². The van der Waals surface area contributed by atoms with Crippen LogP contribution in [0.25, 0.3) is 0 Å². The summed E-state index contributed by atoms with van der Waals surface area (Å²) in [5.41, 5.74) is 0. The summed E-state index contributed by atoms with van der Waals surface area (Å²) in [6, 6.07) is 0.161. The molecule has 2 rings (SSSR count). The number of nitrogens with zero attached hydrogens (tertiary/aromatic N) is 1. The Bertz CT molecular complexity index is 362. The molecule has 2 amide bonds. The van der Waals surface area contributed by atoms with Gasteiger partial charge in [0.2, 0.25) is 0 Å². The molecule has 1 saturated carbocycles. The number of hydrogen-bond donors (Lipinski definition) is 2. The van der Waals surface area contributed by atoms with Gasteiger partial charge in [-0.1, -0.05) is 13.8 Å². The van der Waals surface area contributed by atoms with Crippen LogP contribution in [0, 0.1) is 17.8 Å². The largest absolute Gasteiger partial charge is 0.481 e. The van der Waals surface area contributed by atoms with Crippen molar-refractivity contribution in [1.82, 2.24) is 10.2 Å². The number of rotatable bonds is 2. The van der Waals surface area contributed by atoms with Gasteiger partial charge >= 0.3 is 12.0 Å². The predicted octanol–water partition coefficient (Wildman–Crippen LogP) is 2.32. The van der Waals surface area contributed by atoms with Gasteiger partial charge in [-0.3, -0.25) is 4.79 Å². The molecule has 0 spiro atoms. The van der Waals surface area contributed by atoms with Crippen molar-refractivity contribution in [2.45, 2.75) is 52.0 Å². The van der Waals surface area contributed by atoms with Crippen molar-refractivity contribution in [3.63, 3.8) is 0 Å². The fourth-order valence-corrected chi connectivity index (χ4v) is 3.69. The fraction of sp³-hybridized carbons (Fsp3) is 0.867. The highest BCUT2D eigenvalue weighted by Gasteiger charge is 2.30. The maximum Gasteiger partial charge on any atom is 0.317 e. The number of aliphatic carboxylic acids is 1. The van der Waals surface area contributed by atoms with Crippen molar-refractivity contribution in [2.24, 2.45) is 17.8 Å². The number of nitrogens with one attached hydrogen (secondary N) is 1. The molecule has 2 N–H and O–H groups in total. The average Bonchev–Trinajstić information content (AvgIpc) is 2.37. The standard InChI is InChI=1S/C15H26N2O3/c1-10-6-11(2)8-13(7-10)16-15(20)17-5-3-4-12(9-17)14(18)19/h10-13H,3-9H2,1-2H3,(H,16,20)(H,18,19)/t10?,11?,12-,13?/m1/s1. The molecular formula is C15H26N2O3. The number of amides is 2. The minimum absolute atomic E-state index is 0.0812. The fourth-order valence-electron chi connectivity index (χ4n) is 3.69. The average molecular weight is 282 g/mol. The van der Waals surface area contributed by atoms with E-state index < -0.39 is 11.9 Å². The van der Waals surface area contributed by atoms with Crippen LogP contribution in [0.3, 0.4) is 0 Å². The zero-order valence-corrected chi connectivity index (χ0v) is 12.5. The number of carboxylic acids is 1. The molecule has 2 unspecified atom stereocenters. The van der Waals surface area contributed by atoms with E-state index in [2.05, 4.69) is 19.2 Å². The van der Waals surface area contributed by atoms with Gasteiger partial charge < -0.3 is 15.3 Å². The highest BCUT2D eigenvalue weighted by atomic mass is 16.4. The van der Waals surface area contributed by atoms with Crippen molar-refractivity contribution in [2.75, 3.05) is 13.1 Å². The van der Waals surface area contributed by atoms with Gasteiger partial charge in [0.05, 0.1) is 5.92 Å². The molecule has 1 heterocycles. The number of hydrogen-bond acceptors (Lipinski definition) is 2. The van der Waals surface area contributed by atoms with Crippen LogP contribution in [0.4, 0.5) is 4.79 Å². The summed E-state index contributed by atoms with van der Waals surface area (Å²) in [4.78, 5) is 25.0. The Labute approximate surface area is 120 Å². The molecule has 2 fully saturated rings. The van der Waals surface area contributed by atoms with E-state index in [1.165, 1.54) is 6.42 Å². The summed E-state index contributed by atoms with van der Waals surface area (Å²) < 4.78 is 0. The van der Waals surface area contributed by atoms with Gasteiger partial charge in [0, 0.05) is 19.1 Å². The smallest absolute Gasteiger partial charge is 0.317 e. The molecule has 0 aromatic carbocycles. The molecule has 0 radical (unpaired) electrons. The van der Waals surface area contributed by atoms with E-state index in [-0.39, 0.29) is 12.1 Å². The van der Waals surface area contributed by atoms with Gasteiger partial charge in [-0.2, -0.15) is 0 Å². The van der Waals surface area contributed by atoms with Crippen molar-refractivity contribution >= 4 is 12.0 Å². The third-order valence-electron chi connectivity index (χ3n) is 4.56. The van der Waals surface area contributed by atoms with Gasteiger partial charge in [0.25, 0.3) is 0 Å². The number of urea groups is 1. The molecule has 1 aliphatic heterocycles. The van der Waals surface area contributed by atoms with E-state index >= 15 is 0 Å². The number of piperidine rings is 1. The molecular weight excluding hydrogens is 256 g/mol. The van der Waals surface area contributed by atoms with E-state index in [1.54, 1.807) is 4.90 Å². The molecule has 3 atom stereocenters. The third kappa shape index (κ3) is 3.87. The molecule has 0 aromatic rings. The van der Waals surface area contributed by atoms with E-state index in [0.717, 1.165) is 19.3 Å². The summed E-state index contributed by atoms with van der Waals surface area (Å²) in [6.07, 6.45) is 4.76. The lowest BCUT2D eigenvalue weighted by Crippen LogP contribution is -2.51. The third-order valence-corrected chi connectivity index (χ3v) is 4.56. The van der Waals surface area contributed by atoms with E-state index in [1.807, 2.05) is 0 Å². The first-order chi connectivity index (χ1) is 9.45. The second-order valence-electron chi connectivity index (χ2n) is 6.69. The molecule has 0 aromatic heterocycles. The topological polar surface area (TPSA) is 69.6 Å². The molecule has 1 aliphatic carbocycles. The zero-order chi connectivity index (χ0) is 14.7. The second-order valence-corrected chi connectivity index (χ2v) is 6.69. The van der Waals surface area contributed by atoms with Gasteiger partial charge in [-0.25, -0.2) is 4.79 Å². The number of carboxylic acid groups (broad SMARTS) is 1. The van der Waals surface area contributed by atoms with Crippen LogP contribution >= 0.6 is 0 Å². The van der Waals surface area contributed by atoms with Gasteiger partial charge in [-0.15, -0.1) is 0 Å². The Morgan fingerprint density at radius 1 is 1.15 bits per heavy atom. The minimum Gasteiger partial charge on any atom is -0.481 e. The molecule has 5 heteroatoms. The second kappa shape index (κ2) is 6.46. The number of carbonyl (C=O) groups is 2. The SMILES string of the molecule is CC1CC(C)CC(NC(=O)N2CCC[C@@H](C(=O)O)C2)C1. The first kappa shape index (κ1) is 15.1. The Hall–Kier alpha value is -1.26. The summed E-state index contributed by atoms with van der Waals surface area (Å²) in [7, 11) is 0. The van der Waals surface area contributed by atoms with Crippen LogP contribution in [-0.2, 0) is 4.79 Å². The van der Waals surface area contributed by atoms with E-state index in [9.17, 15) is 9.59 Å². The van der Waals surface area contributed by atoms with Crippen LogP contribution in [0.15, 0.2) is 0 Å². The van der Waals surface area contributed by atoms with Crippen LogP contribution < -0.4 is 5.32 Å². The monoisotopic (exact) mass is 282 g/mol. The molecule has 20 heavy (non-hydrogen) atoms. The van der Waals surface area contributed by atoms with Crippen molar-refractivity contribution in [3.8, 4) is 0 Å². The van der Waals surface area contributed by atoms with Crippen molar-refractivity contribution in [3.05, 3.63) is 0 Å². The molecule has 5 nitrogen and oxygen atoms in total. The van der Waals surface area contributed by atoms with Crippen molar-refractivity contribution < 1.29 is 14.7 Å². The highest BCUT2D eigenvalue weighted by Crippen LogP contribution is 2.28. The Morgan fingerprint density at radius 3 is 2.40 bits per heavy atom. The summed E-state index contributed by atoms with van der Waals surface area (Å²) in [5, 5.41) is 12.2. The Balaban J connectivity index is 1.86. The quantitative estimate of drug-likeness (QED) is 0.816. The maximum atomic E-state index is 12.3. The van der Waals surface area contributed by atoms with Gasteiger partial charge in [0.15, 0.2) is 0 Å². The number of likely N-dealkylation sites (tertiary alicyclic amines) is 1. The van der Waals surface area contributed by atoms with Gasteiger partial charge in [0.1, 0.15) is 0 Å². The Morgan fingerprint density at radius 2 is 1.80 bits per heavy atom. The maximum absolute atomic E-state index is 12.3. The molecule has 114 valence electrons.